The maximum Gasteiger partial charge on any atom is 0.410 e. The normalized spacial score (nSPS) is 21.4. The van der Waals surface area contributed by atoms with Gasteiger partial charge in [-0.25, -0.2) is 9.59 Å². The molecule has 3 aliphatic rings. The predicted octanol–water partition coefficient (Wildman–Crippen LogP) is 3.09. The Morgan fingerprint density at radius 3 is 2.59 bits per heavy atom. The van der Waals surface area contributed by atoms with Crippen molar-refractivity contribution in [1.82, 2.24) is 9.80 Å². The van der Waals surface area contributed by atoms with Crippen molar-refractivity contribution in [3.8, 4) is 0 Å². The Kier molecular flexibility index (Phi) is 5.89. The summed E-state index contributed by atoms with van der Waals surface area (Å²) in [6, 6.07) is 13.1. The van der Waals surface area contributed by atoms with Crippen LogP contribution < -0.4 is 4.90 Å². The zero-order valence-corrected chi connectivity index (χ0v) is 19.5. The SMILES string of the molecule is CCOC(=O)c1ccc2c(c1)N(CC)CCN(CC1OC(=O)N3Cc4ccccc4CC13)C2=O. The number of hydrogen-bond donors (Lipinski definition) is 0. The molecule has 1 fully saturated rings. The minimum Gasteiger partial charge on any atom is -0.462 e. The van der Waals surface area contributed by atoms with E-state index in [1.165, 1.54) is 5.56 Å². The molecular weight excluding hydrogens is 434 g/mol. The van der Waals surface area contributed by atoms with Crippen LogP contribution in [-0.2, 0) is 22.4 Å². The standard InChI is InChI=1S/C26H29N3O5/c1-3-27-11-12-28(24(30)20-10-9-18(14-21(20)27)25(31)33-4-2)16-23-22-13-17-7-5-6-8-19(17)15-29(22)26(32)34-23/h5-10,14,22-23H,3-4,11-13,15-16H2,1-2H3. The second-order valence-electron chi connectivity index (χ2n) is 8.87. The number of rotatable bonds is 5. The summed E-state index contributed by atoms with van der Waals surface area (Å²) in [6.45, 7) is 6.79. The van der Waals surface area contributed by atoms with E-state index < -0.39 is 5.97 Å². The number of cyclic esters (lactones) is 1. The van der Waals surface area contributed by atoms with Crippen LogP contribution in [0.15, 0.2) is 42.5 Å². The molecule has 0 aliphatic carbocycles. The van der Waals surface area contributed by atoms with E-state index in [0.29, 0.717) is 50.5 Å². The molecule has 2 aromatic carbocycles. The summed E-state index contributed by atoms with van der Waals surface area (Å²) >= 11 is 0. The first-order valence-electron chi connectivity index (χ1n) is 11.9. The lowest BCUT2D eigenvalue weighted by Crippen LogP contribution is -2.47. The minimum atomic E-state index is -0.398. The van der Waals surface area contributed by atoms with Crippen LogP contribution in [0.5, 0.6) is 0 Å². The summed E-state index contributed by atoms with van der Waals surface area (Å²) in [5.74, 6) is -0.516. The first-order chi connectivity index (χ1) is 16.5. The van der Waals surface area contributed by atoms with Crippen LogP contribution in [-0.4, -0.2) is 72.7 Å². The zero-order valence-electron chi connectivity index (χ0n) is 19.5. The Hall–Kier alpha value is -3.55. The van der Waals surface area contributed by atoms with Gasteiger partial charge >= 0.3 is 12.1 Å². The molecule has 0 radical (unpaired) electrons. The van der Waals surface area contributed by atoms with E-state index in [-0.39, 0.29) is 24.1 Å². The van der Waals surface area contributed by atoms with Crippen molar-refractivity contribution >= 4 is 23.7 Å². The highest BCUT2D eigenvalue weighted by Gasteiger charge is 2.45. The van der Waals surface area contributed by atoms with Gasteiger partial charge in [-0.1, -0.05) is 24.3 Å². The third-order valence-corrected chi connectivity index (χ3v) is 6.99. The fourth-order valence-corrected chi connectivity index (χ4v) is 5.18. The number of amides is 2. The van der Waals surface area contributed by atoms with Crippen molar-refractivity contribution < 1.29 is 23.9 Å². The van der Waals surface area contributed by atoms with E-state index in [2.05, 4.69) is 11.0 Å². The number of fused-ring (bicyclic) bond motifs is 3. The summed E-state index contributed by atoms with van der Waals surface area (Å²) < 4.78 is 10.9. The molecule has 2 unspecified atom stereocenters. The maximum absolute atomic E-state index is 13.6. The second-order valence-corrected chi connectivity index (χ2v) is 8.87. The molecule has 0 saturated carbocycles. The molecule has 8 nitrogen and oxygen atoms in total. The average Bonchev–Trinajstić information content (AvgIpc) is 3.08. The molecular formula is C26H29N3O5. The van der Waals surface area contributed by atoms with Crippen LogP contribution in [0.4, 0.5) is 10.5 Å². The van der Waals surface area contributed by atoms with Gasteiger partial charge < -0.3 is 19.3 Å². The molecule has 178 valence electrons. The number of carbonyl (C=O) groups excluding carboxylic acids is 3. The summed E-state index contributed by atoms with van der Waals surface area (Å²) in [7, 11) is 0. The van der Waals surface area contributed by atoms with Gasteiger partial charge in [0.05, 0.1) is 36.0 Å². The molecule has 1 saturated heterocycles. The number of hydrogen-bond acceptors (Lipinski definition) is 6. The van der Waals surface area contributed by atoms with Gasteiger partial charge in [0.2, 0.25) is 0 Å². The third kappa shape index (κ3) is 3.87. The van der Waals surface area contributed by atoms with Crippen LogP contribution >= 0.6 is 0 Å². The highest BCUT2D eigenvalue weighted by atomic mass is 16.6. The van der Waals surface area contributed by atoms with E-state index >= 15 is 0 Å². The second kappa shape index (κ2) is 9.00. The molecule has 0 N–H and O–H groups in total. The maximum atomic E-state index is 13.6. The van der Waals surface area contributed by atoms with Gasteiger partial charge in [-0.3, -0.25) is 9.69 Å². The predicted molar refractivity (Wildman–Crippen MR) is 126 cm³/mol. The number of benzene rings is 2. The molecule has 2 amide bonds. The molecule has 0 bridgehead atoms. The highest BCUT2D eigenvalue weighted by molar-refractivity contribution is 6.02. The molecule has 2 aromatic rings. The van der Waals surface area contributed by atoms with Crippen molar-refractivity contribution in [3.63, 3.8) is 0 Å². The first-order valence-corrected chi connectivity index (χ1v) is 11.9. The molecule has 8 heteroatoms. The topological polar surface area (TPSA) is 79.4 Å². The zero-order chi connectivity index (χ0) is 23.8. The Bertz CT molecular complexity index is 1130. The van der Waals surface area contributed by atoms with Crippen molar-refractivity contribution in [3.05, 3.63) is 64.7 Å². The van der Waals surface area contributed by atoms with Gasteiger partial charge in [0.25, 0.3) is 5.91 Å². The molecule has 3 heterocycles. The Balaban J connectivity index is 1.39. The Morgan fingerprint density at radius 1 is 1.06 bits per heavy atom. The van der Waals surface area contributed by atoms with Crippen molar-refractivity contribution in [1.29, 1.82) is 0 Å². The van der Waals surface area contributed by atoms with E-state index in [1.54, 1.807) is 34.9 Å². The van der Waals surface area contributed by atoms with Crippen molar-refractivity contribution in [2.75, 3.05) is 37.7 Å². The summed E-state index contributed by atoms with van der Waals surface area (Å²) in [4.78, 5) is 44.1. The quantitative estimate of drug-likeness (QED) is 0.634. The average molecular weight is 464 g/mol. The molecule has 2 atom stereocenters. The van der Waals surface area contributed by atoms with Crippen LogP contribution in [0, 0.1) is 0 Å². The monoisotopic (exact) mass is 463 g/mol. The van der Waals surface area contributed by atoms with Gasteiger partial charge in [-0.05, 0) is 49.6 Å². The minimum absolute atomic E-state index is 0.0913. The molecule has 5 rings (SSSR count). The molecule has 34 heavy (non-hydrogen) atoms. The van der Waals surface area contributed by atoms with Gasteiger partial charge in [0.1, 0.15) is 6.10 Å². The number of esters is 1. The summed E-state index contributed by atoms with van der Waals surface area (Å²) in [5, 5.41) is 0. The van der Waals surface area contributed by atoms with Crippen LogP contribution in [0.1, 0.15) is 45.7 Å². The third-order valence-electron chi connectivity index (χ3n) is 6.99. The summed E-state index contributed by atoms with van der Waals surface area (Å²) in [5.41, 5.74) is 4.08. The number of ether oxygens (including phenoxy) is 2. The lowest BCUT2D eigenvalue weighted by atomic mass is 9.92. The number of nitrogens with zero attached hydrogens (tertiary/aromatic N) is 3. The largest absolute Gasteiger partial charge is 0.462 e. The van der Waals surface area contributed by atoms with Crippen LogP contribution in [0.25, 0.3) is 0 Å². The van der Waals surface area contributed by atoms with Gasteiger partial charge in [0.15, 0.2) is 0 Å². The van der Waals surface area contributed by atoms with Gasteiger partial charge in [-0.2, -0.15) is 0 Å². The van der Waals surface area contributed by atoms with E-state index in [1.807, 2.05) is 25.1 Å². The first kappa shape index (κ1) is 22.3. The molecule has 0 aromatic heterocycles. The van der Waals surface area contributed by atoms with Gasteiger partial charge in [0, 0.05) is 26.2 Å². The van der Waals surface area contributed by atoms with E-state index in [4.69, 9.17) is 9.47 Å². The van der Waals surface area contributed by atoms with Crippen LogP contribution in [0.3, 0.4) is 0 Å². The Morgan fingerprint density at radius 2 is 1.82 bits per heavy atom. The van der Waals surface area contributed by atoms with Crippen molar-refractivity contribution in [2.45, 2.75) is 39.0 Å². The number of likely N-dealkylation sites (N-methyl/N-ethyl adjacent to an activating group) is 1. The Labute approximate surface area is 199 Å². The fourth-order valence-electron chi connectivity index (χ4n) is 5.18. The van der Waals surface area contributed by atoms with Gasteiger partial charge in [-0.15, -0.1) is 0 Å². The molecule has 0 spiro atoms. The number of anilines is 1. The van der Waals surface area contributed by atoms with Crippen molar-refractivity contribution in [2.24, 2.45) is 0 Å². The van der Waals surface area contributed by atoms with Crippen LogP contribution in [0.2, 0.25) is 0 Å². The number of carbonyl (C=O) groups is 3. The van der Waals surface area contributed by atoms with E-state index in [0.717, 1.165) is 17.7 Å². The molecule has 3 aliphatic heterocycles. The van der Waals surface area contributed by atoms with E-state index in [9.17, 15) is 14.4 Å². The lowest BCUT2D eigenvalue weighted by Gasteiger charge is -2.32. The fraction of sp³-hybridized carbons (Fsp3) is 0.423. The highest BCUT2D eigenvalue weighted by Crippen LogP contribution is 2.33. The smallest absolute Gasteiger partial charge is 0.410 e. The summed E-state index contributed by atoms with van der Waals surface area (Å²) in [6.07, 6.45) is 0.0107. The lowest BCUT2D eigenvalue weighted by molar-refractivity contribution is 0.0525.